The Morgan fingerprint density at radius 1 is 1.39 bits per heavy atom. The Bertz CT molecular complexity index is 601. The van der Waals surface area contributed by atoms with Crippen LogP contribution in [0.3, 0.4) is 0 Å². The van der Waals surface area contributed by atoms with Crippen molar-refractivity contribution in [2.24, 2.45) is 5.73 Å². The van der Waals surface area contributed by atoms with Crippen LogP contribution in [0, 0.1) is 25.1 Å². The van der Waals surface area contributed by atoms with Gasteiger partial charge in [0.05, 0.1) is 12.2 Å². The molecule has 0 bridgehead atoms. The second kappa shape index (κ2) is 4.60. The Labute approximate surface area is 105 Å². The van der Waals surface area contributed by atoms with Crippen molar-refractivity contribution in [2.75, 3.05) is 0 Å². The van der Waals surface area contributed by atoms with Crippen molar-refractivity contribution in [2.45, 2.75) is 20.4 Å². The number of nitrogens with one attached hydrogen (secondary N) is 1. The van der Waals surface area contributed by atoms with Gasteiger partial charge < -0.3 is 5.73 Å². The fourth-order valence-corrected chi connectivity index (χ4v) is 1.93. The standard InChI is InChI=1S/C13H15FN4/c1-8-5-9(2)18(17-8)7-10-3-4-11(14)6-12(10)13(15)16/h3-6H,7H2,1-2H3,(H3,15,16). The number of amidine groups is 1. The summed E-state index contributed by atoms with van der Waals surface area (Å²) in [7, 11) is 0. The average molecular weight is 246 g/mol. The van der Waals surface area contributed by atoms with E-state index in [2.05, 4.69) is 5.10 Å². The van der Waals surface area contributed by atoms with E-state index < -0.39 is 5.82 Å². The topological polar surface area (TPSA) is 67.7 Å². The summed E-state index contributed by atoms with van der Waals surface area (Å²) < 4.78 is 15.0. The maximum absolute atomic E-state index is 13.2. The van der Waals surface area contributed by atoms with E-state index in [0.717, 1.165) is 17.0 Å². The van der Waals surface area contributed by atoms with Gasteiger partial charge in [-0.1, -0.05) is 6.07 Å². The number of hydrogen-bond acceptors (Lipinski definition) is 2. The molecule has 0 unspecified atom stereocenters. The molecule has 5 heteroatoms. The second-order valence-corrected chi connectivity index (χ2v) is 4.30. The maximum atomic E-state index is 13.2. The van der Waals surface area contributed by atoms with Gasteiger partial charge in [-0.2, -0.15) is 5.10 Å². The van der Waals surface area contributed by atoms with Crippen LogP contribution in [0.5, 0.6) is 0 Å². The summed E-state index contributed by atoms with van der Waals surface area (Å²) in [4.78, 5) is 0. The number of nitrogens with two attached hydrogens (primary N) is 1. The summed E-state index contributed by atoms with van der Waals surface area (Å²) in [6, 6.07) is 6.26. The highest BCUT2D eigenvalue weighted by atomic mass is 19.1. The summed E-state index contributed by atoms with van der Waals surface area (Å²) in [5, 5.41) is 11.8. The van der Waals surface area contributed by atoms with E-state index >= 15 is 0 Å². The lowest BCUT2D eigenvalue weighted by Crippen LogP contribution is -2.16. The van der Waals surface area contributed by atoms with Crippen LogP contribution in [0.15, 0.2) is 24.3 Å². The van der Waals surface area contributed by atoms with Gasteiger partial charge in [0, 0.05) is 11.3 Å². The molecule has 0 saturated heterocycles. The lowest BCUT2D eigenvalue weighted by atomic mass is 10.1. The number of hydrogen-bond donors (Lipinski definition) is 2. The van der Waals surface area contributed by atoms with E-state index in [0.29, 0.717) is 12.1 Å². The van der Waals surface area contributed by atoms with Crippen LogP contribution >= 0.6 is 0 Å². The van der Waals surface area contributed by atoms with Gasteiger partial charge in [0.15, 0.2) is 0 Å². The summed E-state index contributed by atoms with van der Waals surface area (Å²) in [5.41, 5.74) is 8.62. The van der Waals surface area contributed by atoms with Crippen LogP contribution in [0.25, 0.3) is 0 Å². The molecule has 0 saturated carbocycles. The quantitative estimate of drug-likeness (QED) is 0.642. The van der Waals surface area contributed by atoms with Crippen molar-refractivity contribution < 1.29 is 4.39 Å². The molecule has 1 aromatic heterocycles. The first-order chi connectivity index (χ1) is 8.47. The van der Waals surface area contributed by atoms with Gasteiger partial charge in [0.1, 0.15) is 11.7 Å². The molecule has 94 valence electrons. The normalized spacial score (nSPS) is 10.6. The van der Waals surface area contributed by atoms with Gasteiger partial charge in [0.2, 0.25) is 0 Å². The maximum Gasteiger partial charge on any atom is 0.123 e. The predicted octanol–water partition coefficient (Wildman–Crippen LogP) is 1.97. The van der Waals surface area contributed by atoms with E-state index in [1.54, 1.807) is 6.07 Å². The van der Waals surface area contributed by atoms with Gasteiger partial charge in [-0.25, -0.2) is 4.39 Å². The number of aryl methyl sites for hydroxylation is 2. The Hall–Kier alpha value is -2.17. The number of halogens is 1. The molecule has 0 aliphatic carbocycles. The lowest BCUT2D eigenvalue weighted by molar-refractivity contribution is 0.621. The highest BCUT2D eigenvalue weighted by Gasteiger charge is 2.09. The first-order valence-electron chi connectivity index (χ1n) is 5.61. The number of nitrogen functional groups attached to an aromatic ring is 1. The second-order valence-electron chi connectivity index (χ2n) is 4.30. The smallest absolute Gasteiger partial charge is 0.123 e. The molecule has 3 N–H and O–H groups in total. The van der Waals surface area contributed by atoms with Crippen LogP contribution in [-0.4, -0.2) is 15.6 Å². The Kier molecular flexibility index (Phi) is 3.14. The van der Waals surface area contributed by atoms with Crippen LogP contribution < -0.4 is 5.73 Å². The number of benzene rings is 1. The first kappa shape index (κ1) is 12.3. The highest BCUT2D eigenvalue weighted by Crippen LogP contribution is 2.14. The van der Waals surface area contributed by atoms with Crippen LogP contribution in [0.1, 0.15) is 22.5 Å². The zero-order valence-electron chi connectivity index (χ0n) is 10.4. The van der Waals surface area contributed by atoms with Crippen molar-refractivity contribution in [3.05, 3.63) is 52.6 Å². The van der Waals surface area contributed by atoms with Crippen molar-refractivity contribution in [1.29, 1.82) is 5.41 Å². The Morgan fingerprint density at radius 3 is 2.67 bits per heavy atom. The number of nitrogens with zero attached hydrogens (tertiary/aromatic N) is 2. The molecule has 1 aromatic carbocycles. The van der Waals surface area contributed by atoms with Crippen molar-refractivity contribution in [3.8, 4) is 0 Å². The molecular weight excluding hydrogens is 231 g/mol. The van der Waals surface area contributed by atoms with Crippen LogP contribution in [-0.2, 0) is 6.54 Å². The summed E-state index contributed by atoms with van der Waals surface area (Å²) >= 11 is 0. The largest absolute Gasteiger partial charge is 0.384 e. The van der Waals surface area contributed by atoms with E-state index in [1.807, 2.05) is 24.6 Å². The molecule has 0 radical (unpaired) electrons. The monoisotopic (exact) mass is 246 g/mol. The molecule has 0 amide bonds. The van der Waals surface area contributed by atoms with Crippen molar-refractivity contribution in [1.82, 2.24) is 9.78 Å². The molecule has 1 heterocycles. The van der Waals surface area contributed by atoms with Gasteiger partial charge in [-0.05, 0) is 37.6 Å². The van der Waals surface area contributed by atoms with E-state index in [1.165, 1.54) is 12.1 Å². The van der Waals surface area contributed by atoms with Gasteiger partial charge >= 0.3 is 0 Å². The molecule has 2 rings (SSSR count). The molecule has 0 atom stereocenters. The minimum atomic E-state index is -0.391. The Morgan fingerprint density at radius 2 is 2.11 bits per heavy atom. The minimum Gasteiger partial charge on any atom is -0.384 e. The van der Waals surface area contributed by atoms with Crippen molar-refractivity contribution in [3.63, 3.8) is 0 Å². The van der Waals surface area contributed by atoms with Gasteiger partial charge in [-0.3, -0.25) is 10.1 Å². The minimum absolute atomic E-state index is 0.133. The highest BCUT2D eigenvalue weighted by molar-refractivity contribution is 5.96. The molecule has 0 aliphatic rings. The van der Waals surface area contributed by atoms with E-state index in [9.17, 15) is 4.39 Å². The molecule has 0 aliphatic heterocycles. The molecular formula is C13H15FN4. The molecule has 2 aromatic rings. The average Bonchev–Trinajstić information content (AvgIpc) is 2.60. The molecule has 4 nitrogen and oxygen atoms in total. The summed E-state index contributed by atoms with van der Waals surface area (Å²) in [6.45, 7) is 4.35. The SMILES string of the molecule is Cc1cc(C)n(Cc2ccc(F)cc2C(=N)N)n1. The summed E-state index contributed by atoms with van der Waals surface area (Å²) in [5.74, 6) is -0.525. The third-order valence-electron chi connectivity index (χ3n) is 2.79. The van der Waals surface area contributed by atoms with Crippen molar-refractivity contribution >= 4 is 5.84 Å². The van der Waals surface area contributed by atoms with E-state index in [-0.39, 0.29) is 5.84 Å². The predicted molar refractivity (Wildman–Crippen MR) is 68.2 cm³/mol. The zero-order chi connectivity index (χ0) is 13.3. The van der Waals surface area contributed by atoms with Gasteiger partial charge in [-0.15, -0.1) is 0 Å². The first-order valence-corrected chi connectivity index (χ1v) is 5.61. The number of rotatable bonds is 3. The summed E-state index contributed by atoms with van der Waals surface area (Å²) in [6.07, 6.45) is 0. The third-order valence-corrected chi connectivity index (χ3v) is 2.79. The van der Waals surface area contributed by atoms with E-state index in [4.69, 9.17) is 11.1 Å². The van der Waals surface area contributed by atoms with Gasteiger partial charge in [0.25, 0.3) is 0 Å². The fraction of sp³-hybridized carbons (Fsp3) is 0.231. The molecule has 0 spiro atoms. The lowest BCUT2D eigenvalue weighted by Gasteiger charge is -2.10. The zero-order valence-corrected chi connectivity index (χ0v) is 10.4. The molecule has 0 fully saturated rings. The third kappa shape index (κ3) is 2.40. The Balaban J connectivity index is 2.40. The number of aromatic nitrogens is 2. The fourth-order valence-electron chi connectivity index (χ4n) is 1.93. The van der Waals surface area contributed by atoms with Crippen LogP contribution in [0.2, 0.25) is 0 Å². The molecule has 18 heavy (non-hydrogen) atoms. The van der Waals surface area contributed by atoms with Crippen LogP contribution in [0.4, 0.5) is 4.39 Å².